The molecule has 4 heteroatoms. The van der Waals surface area contributed by atoms with Gasteiger partial charge in [0.25, 0.3) is 0 Å². The molecule has 1 aromatic heterocycles. The average molecular weight is 224 g/mol. The van der Waals surface area contributed by atoms with Crippen molar-refractivity contribution >= 4 is 0 Å². The molecule has 0 aliphatic carbocycles. The van der Waals surface area contributed by atoms with Gasteiger partial charge in [0, 0.05) is 19.0 Å². The monoisotopic (exact) mass is 224 g/mol. The zero-order chi connectivity index (χ0) is 12.2. The van der Waals surface area contributed by atoms with Crippen molar-refractivity contribution < 1.29 is 0 Å². The number of aromatic nitrogens is 3. The fraction of sp³-hybridized carbons (Fsp3) is 0.833. The lowest BCUT2D eigenvalue weighted by molar-refractivity contribution is 0.334. The third-order valence-corrected chi connectivity index (χ3v) is 2.48. The Morgan fingerprint density at radius 2 is 2.12 bits per heavy atom. The standard InChI is InChI=1S/C12H24N4/c1-5-6-16-9-14-15-11(16)7-10(13)8-12(2,3)4/h9-10H,5-8,13H2,1-4H3. The van der Waals surface area contributed by atoms with E-state index in [2.05, 4.69) is 42.5 Å². The molecule has 0 spiro atoms. The van der Waals surface area contributed by atoms with Crippen molar-refractivity contribution in [3.8, 4) is 0 Å². The van der Waals surface area contributed by atoms with Crippen LogP contribution in [0.3, 0.4) is 0 Å². The Bertz CT molecular complexity index is 311. The van der Waals surface area contributed by atoms with Crippen LogP contribution in [0.15, 0.2) is 6.33 Å². The van der Waals surface area contributed by atoms with E-state index >= 15 is 0 Å². The lowest BCUT2D eigenvalue weighted by Crippen LogP contribution is -2.29. The molecule has 0 amide bonds. The van der Waals surface area contributed by atoms with Gasteiger partial charge in [-0.05, 0) is 18.3 Å². The number of nitrogens with zero attached hydrogens (tertiary/aromatic N) is 3. The summed E-state index contributed by atoms with van der Waals surface area (Å²) in [5.41, 5.74) is 6.41. The smallest absolute Gasteiger partial charge is 0.134 e. The second kappa shape index (κ2) is 5.43. The first-order valence-corrected chi connectivity index (χ1v) is 6.04. The highest BCUT2D eigenvalue weighted by atomic mass is 15.3. The summed E-state index contributed by atoms with van der Waals surface area (Å²) in [4.78, 5) is 0. The van der Waals surface area contributed by atoms with E-state index in [1.54, 1.807) is 6.33 Å². The number of rotatable bonds is 5. The molecule has 0 saturated carbocycles. The first kappa shape index (κ1) is 13.2. The Morgan fingerprint density at radius 1 is 1.44 bits per heavy atom. The molecule has 1 rings (SSSR count). The van der Waals surface area contributed by atoms with Gasteiger partial charge < -0.3 is 10.3 Å². The van der Waals surface area contributed by atoms with Crippen molar-refractivity contribution in [2.75, 3.05) is 0 Å². The normalized spacial score (nSPS) is 14.1. The summed E-state index contributed by atoms with van der Waals surface area (Å²) < 4.78 is 2.10. The number of hydrogen-bond acceptors (Lipinski definition) is 3. The third kappa shape index (κ3) is 4.31. The van der Waals surface area contributed by atoms with Gasteiger partial charge in [0.15, 0.2) is 0 Å². The minimum absolute atomic E-state index is 0.166. The summed E-state index contributed by atoms with van der Waals surface area (Å²) in [5.74, 6) is 1.01. The second-order valence-electron chi connectivity index (χ2n) is 5.67. The molecule has 16 heavy (non-hydrogen) atoms. The van der Waals surface area contributed by atoms with Crippen LogP contribution in [0.4, 0.5) is 0 Å². The maximum Gasteiger partial charge on any atom is 0.134 e. The highest BCUT2D eigenvalue weighted by molar-refractivity contribution is 4.90. The number of nitrogens with two attached hydrogens (primary N) is 1. The Labute approximate surface area is 98.2 Å². The fourth-order valence-corrected chi connectivity index (χ4v) is 1.96. The molecule has 2 N–H and O–H groups in total. The Morgan fingerprint density at radius 3 is 2.69 bits per heavy atom. The molecule has 0 aliphatic rings. The molecule has 0 aliphatic heterocycles. The van der Waals surface area contributed by atoms with Crippen molar-refractivity contribution in [3.05, 3.63) is 12.2 Å². The minimum Gasteiger partial charge on any atom is -0.327 e. The van der Waals surface area contributed by atoms with Gasteiger partial charge in [0.05, 0.1) is 0 Å². The molecule has 1 heterocycles. The van der Waals surface area contributed by atoms with E-state index in [4.69, 9.17) is 5.73 Å². The topological polar surface area (TPSA) is 56.7 Å². The van der Waals surface area contributed by atoms with Gasteiger partial charge in [-0.1, -0.05) is 27.7 Å². The summed E-state index contributed by atoms with van der Waals surface area (Å²) in [6.07, 6.45) is 4.71. The van der Waals surface area contributed by atoms with Crippen molar-refractivity contribution in [3.63, 3.8) is 0 Å². The highest BCUT2D eigenvalue weighted by Crippen LogP contribution is 2.21. The quantitative estimate of drug-likeness (QED) is 0.832. The average Bonchev–Trinajstić information content (AvgIpc) is 2.50. The van der Waals surface area contributed by atoms with Crippen LogP contribution in [-0.4, -0.2) is 20.8 Å². The largest absolute Gasteiger partial charge is 0.327 e. The molecular formula is C12H24N4. The number of hydrogen-bond donors (Lipinski definition) is 1. The molecule has 4 nitrogen and oxygen atoms in total. The molecule has 0 saturated heterocycles. The van der Waals surface area contributed by atoms with Crippen LogP contribution in [0.5, 0.6) is 0 Å². The summed E-state index contributed by atoms with van der Waals surface area (Å²) >= 11 is 0. The Kier molecular flexibility index (Phi) is 4.47. The fourth-order valence-electron chi connectivity index (χ4n) is 1.96. The van der Waals surface area contributed by atoms with Crippen molar-refractivity contribution in [2.24, 2.45) is 11.1 Å². The van der Waals surface area contributed by atoms with Crippen LogP contribution in [0.2, 0.25) is 0 Å². The summed E-state index contributed by atoms with van der Waals surface area (Å²) in [6.45, 7) is 9.76. The van der Waals surface area contributed by atoms with Crippen LogP contribution < -0.4 is 5.73 Å². The van der Waals surface area contributed by atoms with E-state index in [1.165, 1.54) is 0 Å². The first-order valence-electron chi connectivity index (χ1n) is 6.04. The van der Waals surface area contributed by atoms with Crippen molar-refractivity contribution in [1.82, 2.24) is 14.8 Å². The predicted octanol–water partition coefficient (Wildman–Crippen LogP) is 1.99. The maximum atomic E-state index is 6.13. The molecule has 1 atom stereocenters. The van der Waals surface area contributed by atoms with E-state index in [-0.39, 0.29) is 11.5 Å². The lowest BCUT2D eigenvalue weighted by atomic mass is 9.87. The molecule has 0 radical (unpaired) electrons. The van der Waals surface area contributed by atoms with Crippen LogP contribution in [0.25, 0.3) is 0 Å². The summed E-state index contributed by atoms with van der Waals surface area (Å²) in [5, 5.41) is 8.09. The van der Waals surface area contributed by atoms with Gasteiger partial charge in [0.1, 0.15) is 12.2 Å². The zero-order valence-corrected chi connectivity index (χ0v) is 10.9. The van der Waals surface area contributed by atoms with E-state index in [0.29, 0.717) is 0 Å². The van der Waals surface area contributed by atoms with Gasteiger partial charge >= 0.3 is 0 Å². The molecule has 92 valence electrons. The van der Waals surface area contributed by atoms with E-state index in [0.717, 1.165) is 31.6 Å². The Hall–Kier alpha value is -0.900. The van der Waals surface area contributed by atoms with E-state index < -0.39 is 0 Å². The minimum atomic E-state index is 0.166. The lowest BCUT2D eigenvalue weighted by Gasteiger charge is -2.22. The number of aryl methyl sites for hydroxylation is 1. The van der Waals surface area contributed by atoms with Crippen LogP contribution in [0, 0.1) is 5.41 Å². The molecular weight excluding hydrogens is 200 g/mol. The van der Waals surface area contributed by atoms with Gasteiger partial charge in [-0.2, -0.15) is 0 Å². The van der Waals surface area contributed by atoms with Crippen LogP contribution in [0.1, 0.15) is 46.4 Å². The van der Waals surface area contributed by atoms with E-state index in [1.807, 2.05) is 0 Å². The maximum absolute atomic E-state index is 6.13. The van der Waals surface area contributed by atoms with Crippen LogP contribution in [-0.2, 0) is 13.0 Å². The predicted molar refractivity (Wildman–Crippen MR) is 66.1 cm³/mol. The Balaban J connectivity index is 2.55. The first-order chi connectivity index (χ1) is 7.42. The van der Waals surface area contributed by atoms with Gasteiger partial charge in [0.2, 0.25) is 0 Å². The van der Waals surface area contributed by atoms with Gasteiger partial charge in [-0.3, -0.25) is 0 Å². The molecule has 1 aromatic rings. The summed E-state index contributed by atoms with van der Waals surface area (Å²) in [6, 6.07) is 0.166. The zero-order valence-electron chi connectivity index (χ0n) is 10.9. The van der Waals surface area contributed by atoms with E-state index in [9.17, 15) is 0 Å². The molecule has 0 aromatic carbocycles. The SMILES string of the molecule is CCCn1cnnc1CC(N)CC(C)(C)C. The second-order valence-corrected chi connectivity index (χ2v) is 5.67. The van der Waals surface area contributed by atoms with Crippen molar-refractivity contribution in [2.45, 2.75) is 59.5 Å². The molecule has 0 bridgehead atoms. The van der Waals surface area contributed by atoms with Gasteiger partial charge in [-0.25, -0.2) is 0 Å². The molecule has 0 fully saturated rings. The highest BCUT2D eigenvalue weighted by Gasteiger charge is 2.17. The summed E-state index contributed by atoms with van der Waals surface area (Å²) in [7, 11) is 0. The van der Waals surface area contributed by atoms with Gasteiger partial charge in [-0.15, -0.1) is 10.2 Å². The molecule has 1 unspecified atom stereocenters. The third-order valence-electron chi connectivity index (χ3n) is 2.48. The van der Waals surface area contributed by atoms with Crippen molar-refractivity contribution in [1.29, 1.82) is 0 Å². The van der Waals surface area contributed by atoms with Crippen LogP contribution >= 0.6 is 0 Å².